The lowest BCUT2D eigenvalue weighted by atomic mass is 9.69. The summed E-state index contributed by atoms with van der Waals surface area (Å²) in [5.74, 6) is 0.716. The minimum absolute atomic E-state index is 0.448. The van der Waals surface area contributed by atoms with Gasteiger partial charge < -0.3 is 0 Å². The predicted octanol–water partition coefficient (Wildman–Crippen LogP) is 14.9. The molecule has 0 amide bonds. The Labute approximate surface area is 365 Å². The van der Waals surface area contributed by atoms with Crippen molar-refractivity contribution in [1.82, 2.24) is 15.0 Å². The van der Waals surface area contributed by atoms with Gasteiger partial charge in [0.25, 0.3) is 0 Å². The number of hydrogen-bond donors (Lipinski definition) is 0. The van der Waals surface area contributed by atoms with Crippen LogP contribution in [-0.4, -0.2) is 15.0 Å². The highest BCUT2D eigenvalue weighted by atomic mass is 14.9. The van der Waals surface area contributed by atoms with Gasteiger partial charge in [-0.25, -0.2) is 15.0 Å². The van der Waals surface area contributed by atoms with Crippen LogP contribution in [0.4, 0.5) is 0 Å². The maximum absolute atomic E-state index is 5.67. The van der Waals surface area contributed by atoms with Gasteiger partial charge in [-0.3, -0.25) is 0 Å². The van der Waals surface area contributed by atoms with E-state index < -0.39 is 5.41 Å². The zero-order valence-corrected chi connectivity index (χ0v) is 34.2. The quantitative estimate of drug-likeness (QED) is 0.174. The van der Waals surface area contributed by atoms with Crippen molar-refractivity contribution in [2.75, 3.05) is 0 Å². The van der Waals surface area contributed by atoms with Crippen LogP contribution in [0.25, 0.3) is 100 Å². The minimum atomic E-state index is -0.448. The van der Waals surface area contributed by atoms with Crippen molar-refractivity contribution in [1.29, 1.82) is 0 Å². The maximum atomic E-state index is 5.67. The summed E-state index contributed by atoms with van der Waals surface area (Å²) >= 11 is 0. The van der Waals surface area contributed by atoms with Crippen molar-refractivity contribution in [3.63, 3.8) is 0 Å². The first-order chi connectivity index (χ1) is 31.2. The molecule has 292 valence electrons. The fraction of sp³-hybridized carbons (Fsp3) is 0.0167. The van der Waals surface area contributed by atoms with Gasteiger partial charge in [-0.15, -0.1) is 0 Å². The third kappa shape index (κ3) is 5.36. The Morgan fingerprint density at radius 2 is 0.762 bits per heavy atom. The van der Waals surface area contributed by atoms with Crippen molar-refractivity contribution < 1.29 is 0 Å². The lowest BCUT2D eigenvalue weighted by molar-refractivity contribution is 0.799. The Kier molecular flexibility index (Phi) is 7.82. The molecule has 13 rings (SSSR count). The van der Waals surface area contributed by atoms with E-state index in [0.29, 0.717) is 5.82 Å². The summed E-state index contributed by atoms with van der Waals surface area (Å²) in [7, 11) is 0. The number of aromatic nitrogens is 3. The third-order valence-electron chi connectivity index (χ3n) is 13.3. The van der Waals surface area contributed by atoms with Gasteiger partial charge in [0.2, 0.25) is 0 Å². The smallest absolute Gasteiger partial charge is 0.160 e. The first-order valence-electron chi connectivity index (χ1n) is 21.6. The van der Waals surface area contributed by atoms with Crippen LogP contribution in [0.1, 0.15) is 22.3 Å². The first kappa shape index (κ1) is 35.5. The van der Waals surface area contributed by atoms with Crippen LogP contribution in [0, 0.1) is 0 Å². The fourth-order valence-electron chi connectivity index (χ4n) is 10.5. The molecule has 0 aliphatic heterocycles. The van der Waals surface area contributed by atoms with Gasteiger partial charge in [0, 0.05) is 38.8 Å². The van der Waals surface area contributed by atoms with Crippen molar-refractivity contribution in [2.45, 2.75) is 5.41 Å². The Morgan fingerprint density at radius 3 is 1.43 bits per heavy atom. The summed E-state index contributed by atoms with van der Waals surface area (Å²) in [6, 6.07) is 80.7. The van der Waals surface area contributed by atoms with Crippen LogP contribution >= 0.6 is 0 Å². The van der Waals surface area contributed by atoms with Crippen molar-refractivity contribution in [3.05, 3.63) is 247 Å². The van der Waals surface area contributed by atoms with Gasteiger partial charge in [0.05, 0.1) is 28.2 Å². The SMILES string of the molecule is c1ccc(-c2cc(-c3ccc4cc(-c5ccc(-c6nc7c(c8ccccc68)C6(c8ccccc8-c8ccccc86)c6ccccc6-7)cc5)ccc4c3)nc(-c3ccccc3)n2)cc1. The molecule has 3 heteroatoms. The highest BCUT2D eigenvalue weighted by Crippen LogP contribution is 2.64. The molecule has 0 N–H and O–H groups in total. The van der Waals surface area contributed by atoms with E-state index in [9.17, 15) is 0 Å². The molecule has 0 bridgehead atoms. The zero-order valence-electron chi connectivity index (χ0n) is 34.2. The zero-order chi connectivity index (χ0) is 41.5. The van der Waals surface area contributed by atoms with Gasteiger partial charge in [-0.05, 0) is 73.3 Å². The first-order valence-corrected chi connectivity index (χ1v) is 21.6. The lowest BCUT2D eigenvalue weighted by Crippen LogP contribution is -2.26. The molecule has 0 fully saturated rings. The Morgan fingerprint density at radius 1 is 0.286 bits per heavy atom. The molecule has 2 aliphatic carbocycles. The Balaban J connectivity index is 0.886. The molecule has 1 spiro atoms. The van der Waals surface area contributed by atoms with E-state index in [0.717, 1.165) is 61.4 Å². The second kappa shape index (κ2) is 13.9. The lowest BCUT2D eigenvalue weighted by Gasteiger charge is -2.31. The van der Waals surface area contributed by atoms with Crippen molar-refractivity contribution in [2.24, 2.45) is 0 Å². The monoisotopic (exact) mass is 799 g/mol. The van der Waals surface area contributed by atoms with E-state index in [-0.39, 0.29) is 0 Å². The molecule has 11 aromatic rings. The Hall–Kier alpha value is -8.27. The summed E-state index contributed by atoms with van der Waals surface area (Å²) in [5, 5.41) is 4.74. The standard InChI is InChI=1S/C60H37N3/c1-3-15-39(16-4-1)54-37-55(62-59(61-54)41-17-5-2-6-18-41)45-34-33-43-35-42(31-32-44(43)36-45)38-27-29-40(30-28-38)57-49-22-8-7-21-48(49)56-58(63-57)50-23-11-14-26-53(50)60(56)51-24-12-9-19-46(51)47-20-10-13-25-52(47)60/h1-37H. The highest BCUT2D eigenvalue weighted by Gasteiger charge is 2.53. The van der Waals surface area contributed by atoms with E-state index in [2.05, 4.69) is 200 Å². The summed E-state index contributed by atoms with van der Waals surface area (Å²) in [6.07, 6.45) is 0. The van der Waals surface area contributed by atoms with Crippen LogP contribution in [0.15, 0.2) is 224 Å². The molecule has 0 unspecified atom stereocenters. The molecular formula is C60H37N3. The molecular weight excluding hydrogens is 763 g/mol. The van der Waals surface area contributed by atoms with E-state index >= 15 is 0 Å². The number of rotatable bonds is 5. The molecule has 2 aliphatic rings. The minimum Gasteiger partial charge on any atom is -0.247 e. The van der Waals surface area contributed by atoms with Gasteiger partial charge >= 0.3 is 0 Å². The largest absolute Gasteiger partial charge is 0.247 e. The van der Waals surface area contributed by atoms with E-state index in [1.165, 1.54) is 55.3 Å². The second-order valence-electron chi connectivity index (χ2n) is 16.7. The average molecular weight is 800 g/mol. The van der Waals surface area contributed by atoms with Crippen LogP contribution in [0.2, 0.25) is 0 Å². The molecule has 63 heavy (non-hydrogen) atoms. The van der Waals surface area contributed by atoms with Gasteiger partial charge in [-0.1, -0.05) is 206 Å². The van der Waals surface area contributed by atoms with E-state index in [1.807, 2.05) is 24.3 Å². The summed E-state index contributed by atoms with van der Waals surface area (Å²) < 4.78 is 0. The topological polar surface area (TPSA) is 38.7 Å². The normalized spacial score (nSPS) is 12.9. The van der Waals surface area contributed by atoms with Crippen molar-refractivity contribution >= 4 is 21.5 Å². The summed E-state index contributed by atoms with van der Waals surface area (Å²) in [6.45, 7) is 0. The number of benzene rings is 9. The van der Waals surface area contributed by atoms with Crippen LogP contribution in [0.3, 0.4) is 0 Å². The molecule has 3 nitrogen and oxygen atoms in total. The third-order valence-corrected chi connectivity index (χ3v) is 13.3. The number of hydrogen-bond acceptors (Lipinski definition) is 3. The van der Waals surface area contributed by atoms with Crippen LogP contribution < -0.4 is 0 Å². The van der Waals surface area contributed by atoms with Gasteiger partial charge in [-0.2, -0.15) is 0 Å². The molecule has 0 saturated carbocycles. The average Bonchev–Trinajstić information content (AvgIpc) is 3.83. The molecule has 0 radical (unpaired) electrons. The molecule has 2 aromatic heterocycles. The number of nitrogens with zero attached hydrogens (tertiary/aromatic N) is 3. The highest BCUT2D eigenvalue weighted by molar-refractivity contribution is 6.07. The summed E-state index contributed by atoms with van der Waals surface area (Å²) in [5.41, 5.74) is 19.0. The molecule has 2 heterocycles. The second-order valence-corrected chi connectivity index (χ2v) is 16.7. The van der Waals surface area contributed by atoms with E-state index in [1.54, 1.807) is 0 Å². The van der Waals surface area contributed by atoms with Crippen LogP contribution in [0.5, 0.6) is 0 Å². The summed E-state index contributed by atoms with van der Waals surface area (Å²) in [4.78, 5) is 15.7. The van der Waals surface area contributed by atoms with Crippen molar-refractivity contribution in [3.8, 4) is 78.7 Å². The number of pyridine rings is 1. The fourth-order valence-corrected chi connectivity index (χ4v) is 10.5. The molecule has 0 saturated heterocycles. The van der Waals surface area contributed by atoms with Gasteiger partial charge in [0.1, 0.15) is 0 Å². The van der Waals surface area contributed by atoms with Crippen LogP contribution in [-0.2, 0) is 5.41 Å². The molecule has 0 atom stereocenters. The Bertz CT molecular complexity index is 3510. The maximum Gasteiger partial charge on any atom is 0.160 e. The van der Waals surface area contributed by atoms with Gasteiger partial charge in [0.15, 0.2) is 5.82 Å². The van der Waals surface area contributed by atoms with E-state index in [4.69, 9.17) is 15.0 Å². The predicted molar refractivity (Wildman–Crippen MR) is 258 cm³/mol. The number of fused-ring (bicyclic) bond motifs is 13. The molecule has 9 aromatic carbocycles.